The van der Waals surface area contributed by atoms with Crippen LogP contribution in [0.5, 0.6) is 0 Å². The number of benzene rings is 4. The van der Waals surface area contributed by atoms with Crippen LogP contribution >= 0.6 is 0 Å². The van der Waals surface area contributed by atoms with Crippen molar-refractivity contribution in [3.8, 4) is 0 Å². The quantitative estimate of drug-likeness (QED) is 0.0465. The summed E-state index contributed by atoms with van der Waals surface area (Å²) in [6.07, 6.45) is 2.60. The molecule has 0 aromatic heterocycles. The van der Waals surface area contributed by atoms with Gasteiger partial charge in [0.05, 0.1) is 23.0 Å². The largest absolute Gasteiger partial charge is 0.447 e. The van der Waals surface area contributed by atoms with Gasteiger partial charge >= 0.3 is 24.2 Å². The van der Waals surface area contributed by atoms with Crippen molar-refractivity contribution in [2.75, 3.05) is 71.5 Å². The third-order valence-corrected chi connectivity index (χ3v) is 10.3. The van der Waals surface area contributed by atoms with Crippen LogP contribution in [0.2, 0.25) is 0 Å². The Balaban J connectivity index is 1.25. The lowest BCUT2D eigenvalue weighted by Gasteiger charge is -2.13. The fraction of sp³-hybridized carbons (Fsp3) is 0.333. The molecule has 6 amide bonds. The van der Waals surface area contributed by atoms with Gasteiger partial charge < -0.3 is 40.2 Å². The molecule has 0 fully saturated rings. The van der Waals surface area contributed by atoms with E-state index in [1.807, 2.05) is 0 Å². The van der Waals surface area contributed by atoms with Gasteiger partial charge in [0.1, 0.15) is 13.2 Å². The summed E-state index contributed by atoms with van der Waals surface area (Å²) in [5.74, 6) is 0. The van der Waals surface area contributed by atoms with E-state index in [4.69, 9.17) is 18.9 Å². The Labute approximate surface area is 344 Å². The molecule has 6 N–H and O–H groups in total. The molecule has 4 aromatic rings. The van der Waals surface area contributed by atoms with Crippen molar-refractivity contribution in [3.63, 3.8) is 0 Å². The van der Waals surface area contributed by atoms with Crippen LogP contribution in [0.3, 0.4) is 0 Å². The molecule has 316 valence electrons. The van der Waals surface area contributed by atoms with Crippen molar-refractivity contribution in [3.05, 3.63) is 96.1 Å². The number of carbonyl (C=O) groups excluding carboxylic acids is 4. The summed E-state index contributed by atoms with van der Waals surface area (Å²) in [4.78, 5) is 50.0. The van der Waals surface area contributed by atoms with Crippen LogP contribution in [0, 0.1) is 13.8 Å². The van der Waals surface area contributed by atoms with Crippen molar-refractivity contribution in [1.82, 2.24) is 0 Å². The van der Waals surface area contributed by atoms with E-state index in [1.165, 1.54) is 48.5 Å². The Morgan fingerprint density at radius 3 is 1.20 bits per heavy atom. The SMILES string of the molecule is CCCCOCCOC(=O)Nc1cc(NC(=O)Nc2ccc(S(=O)(=O)c3ccc(NC(=O)Nc4ccc(C)c(NC(=O)OCCOCCCC)c4)cc3)cc2)ccc1C. The van der Waals surface area contributed by atoms with Gasteiger partial charge in [-0.2, -0.15) is 0 Å². The van der Waals surface area contributed by atoms with Crippen molar-refractivity contribution in [2.45, 2.75) is 63.2 Å². The molecule has 4 aromatic carbocycles. The second-order valence-electron chi connectivity index (χ2n) is 13.2. The maximum absolute atomic E-state index is 13.4. The number of carbonyl (C=O) groups is 4. The first kappa shape index (κ1) is 45.5. The van der Waals surface area contributed by atoms with Crippen molar-refractivity contribution >= 4 is 68.2 Å². The number of sulfone groups is 1. The first-order chi connectivity index (χ1) is 28.4. The number of anilines is 6. The van der Waals surface area contributed by atoms with E-state index in [9.17, 15) is 27.6 Å². The number of hydrogen-bond donors (Lipinski definition) is 6. The van der Waals surface area contributed by atoms with Crippen molar-refractivity contribution in [2.24, 2.45) is 0 Å². The molecular formula is C42H52N6O10S. The van der Waals surface area contributed by atoms with Gasteiger partial charge in [-0.1, -0.05) is 38.8 Å². The summed E-state index contributed by atoms with van der Waals surface area (Å²) in [5.41, 5.74) is 3.88. The summed E-state index contributed by atoms with van der Waals surface area (Å²) in [6.45, 7) is 9.73. The number of nitrogens with one attached hydrogen (secondary N) is 6. The van der Waals surface area contributed by atoms with Gasteiger partial charge in [0.2, 0.25) is 9.84 Å². The van der Waals surface area contributed by atoms with Crippen LogP contribution in [0.25, 0.3) is 0 Å². The normalized spacial score (nSPS) is 10.9. The van der Waals surface area contributed by atoms with Crippen LogP contribution in [0.15, 0.2) is 94.7 Å². The monoisotopic (exact) mass is 832 g/mol. The lowest BCUT2D eigenvalue weighted by Crippen LogP contribution is -2.20. The summed E-state index contributed by atoms with van der Waals surface area (Å²) in [5, 5.41) is 16.0. The molecule has 0 unspecified atom stereocenters. The average Bonchev–Trinajstić information content (AvgIpc) is 3.20. The highest BCUT2D eigenvalue weighted by molar-refractivity contribution is 7.91. The molecule has 4 rings (SSSR count). The molecule has 17 heteroatoms. The van der Waals surface area contributed by atoms with Crippen LogP contribution in [0.1, 0.15) is 50.7 Å². The zero-order valence-corrected chi connectivity index (χ0v) is 34.5. The van der Waals surface area contributed by atoms with Crippen LogP contribution in [-0.4, -0.2) is 72.3 Å². The van der Waals surface area contributed by atoms with Crippen LogP contribution < -0.4 is 31.9 Å². The van der Waals surface area contributed by atoms with Crippen molar-refractivity contribution in [1.29, 1.82) is 0 Å². The van der Waals surface area contributed by atoms with Gasteiger partial charge in [-0.15, -0.1) is 0 Å². The van der Waals surface area contributed by atoms with Gasteiger partial charge in [0.15, 0.2) is 0 Å². The Bertz CT molecular complexity index is 1990. The minimum absolute atomic E-state index is 0.0106. The van der Waals surface area contributed by atoms with Crippen molar-refractivity contribution < 1.29 is 46.5 Å². The lowest BCUT2D eigenvalue weighted by molar-refractivity contribution is 0.0767. The number of ether oxygens (including phenoxy) is 4. The third-order valence-electron chi connectivity index (χ3n) is 8.52. The number of aryl methyl sites for hydroxylation is 2. The molecule has 0 spiro atoms. The summed E-state index contributed by atoms with van der Waals surface area (Å²) in [7, 11) is -3.95. The zero-order chi connectivity index (χ0) is 42.6. The highest BCUT2D eigenvalue weighted by atomic mass is 32.2. The average molecular weight is 833 g/mol. The molecule has 0 heterocycles. The molecule has 0 aliphatic rings. The van der Waals surface area contributed by atoms with E-state index in [0.717, 1.165) is 36.8 Å². The molecule has 0 radical (unpaired) electrons. The molecule has 0 saturated carbocycles. The summed E-state index contributed by atoms with van der Waals surface area (Å²) in [6, 6.07) is 20.1. The Morgan fingerprint density at radius 2 is 0.831 bits per heavy atom. The molecule has 0 aliphatic carbocycles. The topological polar surface area (TPSA) is 212 Å². The van der Waals surface area contributed by atoms with Gasteiger partial charge in [-0.05, 0) is 111 Å². The molecule has 0 atom stereocenters. The van der Waals surface area contributed by atoms with Crippen LogP contribution in [0.4, 0.5) is 53.3 Å². The smallest absolute Gasteiger partial charge is 0.411 e. The minimum atomic E-state index is -3.95. The number of rotatable bonds is 20. The first-order valence-electron chi connectivity index (χ1n) is 19.2. The van der Waals surface area contributed by atoms with E-state index < -0.39 is 34.1 Å². The summed E-state index contributed by atoms with van der Waals surface area (Å²) < 4.78 is 47.9. The summed E-state index contributed by atoms with van der Waals surface area (Å²) >= 11 is 0. The predicted molar refractivity (Wildman–Crippen MR) is 227 cm³/mol. The second-order valence-corrected chi connectivity index (χ2v) is 15.2. The standard InChI is InChI=1S/C42H52N6O10S/c1-5-7-21-55-23-25-57-41(51)47-37-27-33(11-9-29(37)3)45-39(49)43-31-13-17-35(18-14-31)59(53,54)36-19-15-32(16-20-36)44-40(50)46-34-12-10-30(4)38(28-34)48-42(52)58-26-24-56-22-8-6-2/h9-20,27-28H,5-8,21-26H2,1-4H3,(H,47,51)(H,48,52)(H2,43,45,49)(H2,44,46,50). The lowest BCUT2D eigenvalue weighted by atomic mass is 10.2. The van der Waals surface area contributed by atoms with E-state index in [2.05, 4.69) is 45.7 Å². The van der Waals surface area contributed by atoms with Gasteiger partial charge in [-0.25, -0.2) is 27.6 Å². The van der Waals surface area contributed by atoms with Gasteiger partial charge in [0, 0.05) is 47.3 Å². The van der Waals surface area contributed by atoms with Crippen LogP contribution in [-0.2, 0) is 28.8 Å². The number of urea groups is 2. The Hall–Kier alpha value is -6.17. The highest BCUT2D eigenvalue weighted by Gasteiger charge is 2.18. The molecule has 59 heavy (non-hydrogen) atoms. The maximum atomic E-state index is 13.4. The third kappa shape index (κ3) is 15.3. The van der Waals surface area contributed by atoms with E-state index in [1.54, 1.807) is 50.2 Å². The highest BCUT2D eigenvalue weighted by Crippen LogP contribution is 2.26. The van der Waals surface area contributed by atoms with E-state index >= 15 is 0 Å². The first-order valence-corrected chi connectivity index (χ1v) is 20.7. The molecular weight excluding hydrogens is 781 g/mol. The maximum Gasteiger partial charge on any atom is 0.411 e. The fourth-order valence-corrected chi connectivity index (χ4v) is 6.46. The molecule has 0 saturated heterocycles. The van der Waals surface area contributed by atoms with E-state index in [-0.39, 0.29) is 23.0 Å². The molecule has 0 bridgehead atoms. The number of hydrogen-bond acceptors (Lipinski definition) is 10. The predicted octanol–water partition coefficient (Wildman–Crippen LogP) is 9.15. The number of unbranched alkanes of at least 4 members (excludes halogenated alkanes) is 2. The minimum Gasteiger partial charge on any atom is -0.447 e. The Kier molecular flexibility index (Phi) is 18.0. The molecule has 16 nitrogen and oxygen atoms in total. The fourth-order valence-electron chi connectivity index (χ4n) is 5.20. The van der Waals surface area contributed by atoms with Gasteiger partial charge in [-0.3, -0.25) is 10.6 Å². The van der Waals surface area contributed by atoms with E-state index in [0.29, 0.717) is 60.6 Å². The number of amides is 6. The molecule has 0 aliphatic heterocycles. The Morgan fingerprint density at radius 1 is 0.475 bits per heavy atom. The van der Waals surface area contributed by atoms with Gasteiger partial charge in [0.25, 0.3) is 0 Å². The second kappa shape index (κ2) is 23.3. The zero-order valence-electron chi connectivity index (χ0n) is 33.6.